The third-order valence-corrected chi connectivity index (χ3v) is 5.53. The zero-order chi connectivity index (χ0) is 16.2. The Morgan fingerprint density at radius 2 is 1.42 bits per heavy atom. The molecular formula is C22H27N2+. The highest BCUT2D eigenvalue weighted by Crippen LogP contribution is 2.36. The lowest BCUT2D eigenvalue weighted by Crippen LogP contribution is -2.38. The van der Waals surface area contributed by atoms with Gasteiger partial charge in [-0.2, -0.15) is 0 Å². The van der Waals surface area contributed by atoms with E-state index in [9.17, 15) is 0 Å². The summed E-state index contributed by atoms with van der Waals surface area (Å²) >= 11 is 0. The van der Waals surface area contributed by atoms with Gasteiger partial charge >= 0.3 is 0 Å². The van der Waals surface area contributed by atoms with Crippen molar-refractivity contribution in [1.29, 1.82) is 0 Å². The molecule has 2 saturated heterocycles. The first kappa shape index (κ1) is 15.4. The Morgan fingerprint density at radius 3 is 2.08 bits per heavy atom. The first-order chi connectivity index (χ1) is 11.9. The van der Waals surface area contributed by atoms with Crippen molar-refractivity contribution in [2.45, 2.75) is 37.6 Å². The third kappa shape index (κ3) is 3.38. The van der Waals surface area contributed by atoms with Gasteiger partial charge in [0.25, 0.3) is 0 Å². The fourth-order valence-corrected chi connectivity index (χ4v) is 4.22. The third-order valence-electron chi connectivity index (χ3n) is 5.53. The van der Waals surface area contributed by atoms with Crippen molar-refractivity contribution < 1.29 is 4.58 Å². The minimum absolute atomic E-state index is 0.520. The Labute approximate surface area is 145 Å². The number of piperidine rings is 1. The molecule has 2 aliphatic heterocycles. The van der Waals surface area contributed by atoms with E-state index in [2.05, 4.69) is 76.5 Å². The molecule has 2 aliphatic rings. The molecule has 2 nitrogen and oxygen atoms in total. The van der Waals surface area contributed by atoms with Crippen molar-refractivity contribution >= 4 is 6.34 Å². The van der Waals surface area contributed by atoms with Gasteiger partial charge in [-0.15, -0.1) is 0 Å². The topological polar surface area (TPSA) is 6.25 Å². The average Bonchev–Trinajstić information content (AvgIpc) is 3.16. The van der Waals surface area contributed by atoms with Crippen LogP contribution in [-0.2, 0) is 0 Å². The van der Waals surface area contributed by atoms with Gasteiger partial charge in [0.05, 0.1) is 19.6 Å². The zero-order valence-corrected chi connectivity index (χ0v) is 14.3. The Kier molecular flexibility index (Phi) is 4.64. The molecule has 0 saturated carbocycles. The fraction of sp³-hybridized carbons (Fsp3) is 0.409. The van der Waals surface area contributed by atoms with Crippen molar-refractivity contribution in [3.05, 3.63) is 71.8 Å². The second-order valence-corrected chi connectivity index (χ2v) is 7.17. The van der Waals surface area contributed by atoms with E-state index in [1.165, 1.54) is 49.9 Å². The number of rotatable bonds is 3. The quantitative estimate of drug-likeness (QED) is 0.599. The zero-order valence-electron chi connectivity index (χ0n) is 14.3. The fourth-order valence-electron chi connectivity index (χ4n) is 4.22. The number of hydrogen-bond acceptors (Lipinski definition) is 0. The summed E-state index contributed by atoms with van der Waals surface area (Å²) in [6, 6.07) is 22.6. The highest BCUT2D eigenvalue weighted by atomic mass is 15.2. The maximum Gasteiger partial charge on any atom is 0.234 e. The summed E-state index contributed by atoms with van der Waals surface area (Å²) in [4.78, 5) is 2.61. The predicted molar refractivity (Wildman–Crippen MR) is 99.6 cm³/mol. The number of hydrogen-bond donors (Lipinski definition) is 0. The second kappa shape index (κ2) is 7.21. The Bertz CT molecular complexity index is 670. The van der Waals surface area contributed by atoms with Crippen LogP contribution in [0.5, 0.6) is 0 Å². The van der Waals surface area contributed by atoms with Crippen molar-refractivity contribution in [3.63, 3.8) is 0 Å². The molecule has 0 spiro atoms. The van der Waals surface area contributed by atoms with E-state index in [-0.39, 0.29) is 0 Å². The summed E-state index contributed by atoms with van der Waals surface area (Å²) in [7, 11) is 0. The maximum atomic E-state index is 2.61. The summed E-state index contributed by atoms with van der Waals surface area (Å²) in [5.41, 5.74) is 2.95. The minimum Gasteiger partial charge on any atom is -0.268 e. The van der Waals surface area contributed by atoms with Crippen molar-refractivity contribution in [2.75, 3.05) is 19.6 Å². The van der Waals surface area contributed by atoms with Gasteiger partial charge in [-0.25, -0.2) is 0 Å². The molecule has 124 valence electrons. The van der Waals surface area contributed by atoms with Crippen LogP contribution in [0.25, 0.3) is 0 Å². The summed E-state index contributed by atoms with van der Waals surface area (Å²) in [5, 5.41) is 0. The van der Waals surface area contributed by atoms with Crippen LogP contribution in [-0.4, -0.2) is 35.4 Å². The molecule has 0 bridgehead atoms. The molecule has 0 N–H and O–H groups in total. The van der Waals surface area contributed by atoms with Crippen LogP contribution in [0.1, 0.15) is 48.8 Å². The second-order valence-electron chi connectivity index (χ2n) is 7.17. The van der Waals surface area contributed by atoms with E-state index in [1.54, 1.807) is 0 Å². The molecule has 2 heterocycles. The summed E-state index contributed by atoms with van der Waals surface area (Å²) in [6.07, 6.45) is 7.60. The standard InChI is InChI=1S/C22H27N2/c1-3-9-19(10-4-1)21-13-14-22(20-11-5-2-6-12-20)24(17-21)18-23-15-7-8-16-23/h1-6,9-12,18,21-22H,7-8,13-17H2/q+1/t21-,22+/m0/s1. The first-order valence-electron chi connectivity index (χ1n) is 9.35. The van der Waals surface area contributed by atoms with Crippen LogP contribution in [0.15, 0.2) is 60.7 Å². The molecule has 24 heavy (non-hydrogen) atoms. The minimum atomic E-state index is 0.520. The van der Waals surface area contributed by atoms with Gasteiger partial charge in [-0.05, 0) is 36.8 Å². The largest absolute Gasteiger partial charge is 0.268 e. The Balaban J connectivity index is 1.60. The molecule has 0 aromatic heterocycles. The monoisotopic (exact) mass is 319 g/mol. The highest BCUT2D eigenvalue weighted by molar-refractivity contribution is 5.51. The molecule has 0 radical (unpaired) electrons. The smallest absolute Gasteiger partial charge is 0.234 e. The lowest BCUT2D eigenvalue weighted by molar-refractivity contribution is -0.506. The maximum absolute atomic E-state index is 2.61. The van der Waals surface area contributed by atoms with E-state index >= 15 is 0 Å². The molecule has 2 aromatic carbocycles. The molecule has 0 amide bonds. The first-order valence-corrected chi connectivity index (χ1v) is 9.35. The molecule has 2 fully saturated rings. The van der Waals surface area contributed by atoms with Crippen molar-refractivity contribution in [1.82, 2.24) is 4.90 Å². The van der Waals surface area contributed by atoms with E-state index in [0.29, 0.717) is 12.0 Å². The van der Waals surface area contributed by atoms with Crippen LogP contribution in [0.4, 0.5) is 0 Å². The van der Waals surface area contributed by atoms with Crippen LogP contribution in [0.2, 0.25) is 0 Å². The van der Waals surface area contributed by atoms with Crippen LogP contribution < -0.4 is 0 Å². The summed E-state index contributed by atoms with van der Waals surface area (Å²) in [6.45, 7) is 3.56. The Morgan fingerprint density at radius 1 is 0.792 bits per heavy atom. The Hall–Kier alpha value is -2.09. The van der Waals surface area contributed by atoms with Gasteiger partial charge in [-0.3, -0.25) is 9.48 Å². The molecule has 4 rings (SSSR count). The van der Waals surface area contributed by atoms with E-state index < -0.39 is 0 Å². The van der Waals surface area contributed by atoms with E-state index in [4.69, 9.17) is 0 Å². The lowest BCUT2D eigenvalue weighted by Gasteiger charge is -2.34. The predicted octanol–water partition coefficient (Wildman–Crippen LogP) is 4.44. The molecule has 0 unspecified atom stereocenters. The molecule has 2 atom stereocenters. The van der Waals surface area contributed by atoms with Crippen LogP contribution in [0, 0.1) is 0 Å². The molecule has 0 aliphatic carbocycles. The van der Waals surface area contributed by atoms with E-state index in [1.807, 2.05) is 0 Å². The van der Waals surface area contributed by atoms with Crippen molar-refractivity contribution in [3.8, 4) is 0 Å². The molecule has 2 aromatic rings. The highest BCUT2D eigenvalue weighted by Gasteiger charge is 2.33. The normalized spacial score (nSPS) is 24.2. The lowest BCUT2D eigenvalue weighted by atomic mass is 9.85. The van der Waals surface area contributed by atoms with Gasteiger partial charge < -0.3 is 0 Å². The number of benzene rings is 2. The van der Waals surface area contributed by atoms with Crippen LogP contribution in [0.3, 0.4) is 0 Å². The van der Waals surface area contributed by atoms with Gasteiger partial charge in [0.2, 0.25) is 6.34 Å². The van der Waals surface area contributed by atoms with Gasteiger partial charge in [0, 0.05) is 5.92 Å². The molecule has 2 heteroatoms. The number of nitrogens with zero attached hydrogens (tertiary/aromatic N) is 2. The number of likely N-dealkylation sites (tertiary alicyclic amines) is 1. The summed E-state index contributed by atoms with van der Waals surface area (Å²) in [5.74, 6) is 0.644. The summed E-state index contributed by atoms with van der Waals surface area (Å²) < 4.78 is 2.52. The van der Waals surface area contributed by atoms with E-state index in [0.717, 1.165) is 6.54 Å². The van der Waals surface area contributed by atoms with Crippen molar-refractivity contribution in [2.24, 2.45) is 0 Å². The average molecular weight is 319 g/mol. The van der Waals surface area contributed by atoms with Gasteiger partial charge in [-0.1, -0.05) is 60.7 Å². The SMILES string of the molecule is C(N1C[C@@H](c2ccccc2)CC[C@@H]1c1ccccc1)=[N+]1CCCC1. The van der Waals surface area contributed by atoms with Gasteiger partial charge in [0.15, 0.2) is 0 Å². The van der Waals surface area contributed by atoms with Crippen LogP contribution >= 0.6 is 0 Å². The molecular weight excluding hydrogens is 292 g/mol. The van der Waals surface area contributed by atoms with Gasteiger partial charge in [0.1, 0.15) is 6.04 Å².